The van der Waals surface area contributed by atoms with Crippen LogP contribution in [0.2, 0.25) is 0 Å². The maximum atomic E-state index is 5.46. The fraction of sp³-hybridized carbons (Fsp3) is 0.348. The molecule has 2 heterocycles. The lowest BCUT2D eigenvalue weighted by Gasteiger charge is -2.32. The van der Waals surface area contributed by atoms with Crippen LogP contribution in [-0.4, -0.2) is 62.2 Å². The maximum Gasteiger partial charge on any atom is 0.162 e. The number of ether oxygens (including phenoxy) is 2. The fourth-order valence-electron chi connectivity index (χ4n) is 3.69. The number of pyridine rings is 1. The van der Waals surface area contributed by atoms with E-state index in [4.69, 9.17) is 9.47 Å². The minimum Gasteiger partial charge on any atom is -0.493 e. The summed E-state index contributed by atoms with van der Waals surface area (Å²) in [6.45, 7) is 5.55. The van der Waals surface area contributed by atoms with Crippen molar-refractivity contribution < 1.29 is 9.47 Å². The molecule has 0 unspecified atom stereocenters. The summed E-state index contributed by atoms with van der Waals surface area (Å²) in [5.41, 5.74) is 4.24. The van der Waals surface area contributed by atoms with Gasteiger partial charge in [0.05, 0.1) is 19.7 Å². The van der Waals surface area contributed by atoms with Crippen LogP contribution in [0, 0.1) is 0 Å². The molecule has 4 rings (SSSR count). The molecule has 0 bridgehead atoms. The summed E-state index contributed by atoms with van der Waals surface area (Å²) in [5.74, 6) is 1.37. The van der Waals surface area contributed by atoms with Crippen molar-refractivity contribution in [2.45, 2.75) is 6.54 Å². The average molecular weight is 393 g/mol. The molecule has 1 aliphatic heterocycles. The van der Waals surface area contributed by atoms with Gasteiger partial charge in [0.1, 0.15) is 0 Å². The Morgan fingerprint density at radius 1 is 0.931 bits per heavy atom. The number of aromatic nitrogens is 1. The van der Waals surface area contributed by atoms with Crippen molar-refractivity contribution in [2.75, 3.05) is 52.8 Å². The number of nitrogens with one attached hydrogen (secondary N) is 1. The van der Waals surface area contributed by atoms with Gasteiger partial charge < -0.3 is 19.7 Å². The van der Waals surface area contributed by atoms with Crippen LogP contribution in [0.3, 0.4) is 0 Å². The number of nitrogens with zero attached hydrogens (tertiary/aromatic N) is 3. The van der Waals surface area contributed by atoms with E-state index >= 15 is 0 Å². The number of likely N-dealkylation sites (N-methyl/N-ethyl adjacent to an activating group) is 1. The van der Waals surface area contributed by atoms with Gasteiger partial charge in [0.2, 0.25) is 0 Å². The maximum absolute atomic E-state index is 5.46. The van der Waals surface area contributed by atoms with Crippen molar-refractivity contribution >= 4 is 22.3 Å². The number of fused-ring (bicyclic) bond motifs is 1. The molecule has 0 atom stereocenters. The Hall–Kier alpha value is -2.83. The lowest BCUT2D eigenvalue weighted by atomic mass is 10.1. The standard InChI is InChI=1S/C23H28N4O2/c1-26-10-12-27(13-11-26)16-17-4-6-18(7-5-17)25-20-8-9-24-21-15-23(29-3)22(28-2)14-19(20)21/h4-9,14-15H,10-13,16H2,1-3H3,(H,24,25). The van der Waals surface area contributed by atoms with Crippen LogP contribution in [0.5, 0.6) is 11.5 Å². The molecule has 1 N–H and O–H groups in total. The van der Waals surface area contributed by atoms with Gasteiger partial charge in [0.25, 0.3) is 0 Å². The van der Waals surface area contributed by atoms with E-state index in [2.05, 4.69) is 51.4 Å². The number of methoxy groups -OCH3 is 2. The second-order valence-electron chi connectivity index (χ2n) is 7.48. The molecule has 1 saturated heterocycles. The molecule has 29 heavy (non-hydrogen) atoms. The summed E-state index contributed by atoms with van der Waals surface area (Å²) in [5, 5.41) is 4.51. The first kappa shape index (κ1) is 19.5. The summed E-state index contributed by atoms with van der Waals surface area (Å²) in [4.78, 5) is 9.36. The number of benzene rings is 2. The molecule has 1 aliphatic rings. The van der Waals surface area contributed by atoms with Crippen LogP contribution in [0.1, 0.15) is 5.56 Å². The van der Waals surface area contributed by atoms with Crippen molar-refractivity contribution in [2.24, 2.45) is 0 Å². The normalized spacial score (nSPS) is 15.4. The Bertz CT molecular complexity index is 967. The zero-order valence-corrected chi connectivity index (χ0v) is 17.3. The molecule has 152 valence electrons. The molecule has 1 fully saturated rings. The third-order valence-electron chi connectivity index (χ3n) is 5.48. The number of rotatable bonds is 6. The molecule has 3 aromatic rings. The van der Waals surface area contributed by atoms with Crippen molar-refractivity contribution in [3.05, 3.63) is 54.2 Å². The van der Waals surface area contributed by atoms with Gasteiger partial charge in [-0.15, -0.1) is 0 Å². The summed E-state index contributed by atoms with van der Waals surface area (Å²) < 4.78 is 10.8. The minimum absolute atomic E-state index is 0.679. The summed E-state index contributed by atoms with van der Waals surface area (Å²) in [6.07, 6.45) is 1.80. The monoisotopic (exact) mass is 392 g/mol. The van der Waals surface area contributed by atoms with Crippen molar-refractivity contribution in [1.82, 2.24) is 14.8 Å². The van der Waals surface area contributed by atoms with Gasteiger partial charge in [-0.3, -0.25) is 9.88 Å². The molecule has 2 aromatic carbocycles. The van der Waals surface area contributed by atoms with Gasteiger partial charge in [0, 0.05) is 61.7 Å². The number of hydrogen-bond donors (Lipinski definition) is 1. The highest BCUT2D eigenvalue weighted by molar-refractivity contribution is 5.95. The quantitative estimate of drug-likeness (QED) is 0.690. The first-order valence-corrected chi connectivity index (χ1v) is 9.94. The number of hydrogen-bond acceptors (Lipinski definition) is 6. The number of anilines is 2. The third-order valence-corrected chi connectivity index (χ3v) is 5.48. The topological polar surface area (TPSA) is 49.9 Å². The van der Waals surface area contributed by atoms with E-state index < -0.39 is 0 Å². The van der Waals surface area contributed by atoms with Gasteiger partial charge >= 0.3 is 0 Å². The molecule has 0 aliphatic carbocycles. The second kappa shape index (κ2) is 8.68. The van der Waals surface area contributed by atoms with Crippen LogP contribution in [0.15, 0.2) is 48.7 Å². The van der Waals surface area contributed by atoms with E-state index in [0.29, 0.717) is 11.5 Å². The molecular weight excluding hydrogens is 364 g/mol. The lowest BCUT2D eigenvalue weighted by Crippen LogP contribution is -2.43. The van der Waals surface area contributed by atoms with Crippen molar-refractivity contribution in [3.8, 4) is 11.5 Å². The van der Waals surface area contributed by atoms with Crippen LogP contribution in [-0.2, 0) is 6.54 Å². The predicted molar refractivity (Wildman–Crippen MR) is 117 cm³/mol. The summed E-state index contributed by atoms with van der Waals surface area (Å²) in [6, 6.07) is 14.5. The predicted octanol–water partition coefficient (Wildman–Crippen LogP) is 3.74. The van der Waals surface area contributed by atoms with Crippen molar-refractivity contribution in [1.29, 1.82) is 0 Å². The van der Waals surface area contributed by atoms with Gasteiger partial charge in [0.15, 0.2) is 11.5 Å². The Labute approximate surface area is 172 Å². The van der Waals surface area contributed by atoms with E-state index in [1.165, 1.54) is 5.56 Å². The largest absolute Gasteiger partial charge is 0.493 e. The van der Waals surface area contributed by atoms with Crippen LogP contribution in [0.4, 0.5) is 11.4 Å². The average Bonchev–Trinajstić information content (AvgIpc) is 2.76. The Balaban J connectivity index is 1.51. The SMILES string of the molecule is COc1cc2nccc(Nc3ccc(CN4CCN(C)CC4)cc3)c2cc1OC. The smallest absolute Gasteiger partial charge is 0.162 e. The molecule has 0 amide bonds. The van der Waals surface area contributed by atoms with E-state index in [0.717, 1.165) is 55.0 Å². The van der Waals surface area contributed by atoms with Crippen molar-refractivity contribution in [3.63, 3.8) is 0 Å². The van der Waals surface area contributed by atoms with E-state index in [1.54, 1.807) is 20.4 Å². The van der Waals surface area contributed by atoms with E-state index in [9.17, 15) is 0 Å². The molecule has 0 radical (unpaired) electrons. The fourth-order valence-corrected chi connectivity index (χ4v) is 3.69. The minimum atomic E-state index is 0.679. The van der Waals surface area contributed by atoms with Gasteiger partial charge in [-0.05, 0) is 36.9 Å². The van der Waals surface area contributed by atoms with Crippen LogP contribution in [0.25, 0.3) is 10.9 Å². The first-order valence-electron chi connectivity index (χ1n) is 9.94. The molecule has 6 heteroatoms. The second-order valence-corrected chi connectivity index (χ2v) is 7.48. The van der Waals surface area contributed by atoms with Crippen LogP contribution >= 0.6 is 0 Å². The zero-order valence-electron chi connectivity index (χ0n) is 17.3. The molecule has 0 spiro atoms. The molecule has 1 aromatic heterocycles. The zero-order chi connectivity index (χ0) is 20.2. The lowest BCUT2D eigenvalue weighted by molar-refractivity contribution is 0.148. The highest BCUT2D eigenvalue weighted by atomic mass is 16.5. The third kappa shape index (κ3) is 4.44. The van der Waals surface area contributed by atoms with Gasteiger partial charge in [-0.2, -0.15) is 0 Å². The van der Waals surface area contributed by atoms with Gasteiger partial charge in [-0.1, -0.05) is 12.1 Å². The Kier molecular flexibility index (Phi) is 5.83. The summed E-state index contributed by atoms with van der Waals surface area (Å²) in [7, 11) is 5.47. The molecule has 0 saturated carbocycles. The summed E-state index contributed by atoms with van der Waals surface area (Å²) >= 11 is 0. The molecule has 6 nitrogen and oxygen atoms in total. The highest BCUT2D eigenvalue weighted by Crippen LogP contribution is 2.35. The van der Waals surface area contributed by atoms with E-state index in [1.807, 2.05) is 18.2 Å². The number of piperazine rings is 1. The Morgan fingerprint density at radius 3 is 2.31 bits per heavy atom. The highest BCUT2D eigenvalue weighted by Gasteiger charge is 2.14. The Morgan fingerprint density at radius 2 is 1.62 bits per heavy atom. The molecular formula is C23H28N4O2. The first-order chi connectivity index (χ1) is 14.2. The van der Waals surface area contributed by atoms with Gasteiger partial charge in [-0.25, -0.2) is 0 Å². The van der Waals surface area contributed by atoms with Crippen LogP contribution < -0.4 is 14.8 Å². The van der Waals surface area contributed by atoms with E-state index in [-0.39, 0.29) is 0 Å².